The van der Waals surface area contributed by atoms with E-state index in [4.69, 9.17) is 21.4 Å². The van der Waals surface area contributed by atoms with Gasteiger partial charge in [0.1, 0.15) is 0 Å². The Morgan fingerprint density at radius 2 is 2.27 bits per heavy atom. The molecule has 82 valence electrons. The number of amides is 1. The van der Waals surface area contributed by atoms with Crippen LogP contribution in [0.5, 0.6) is 5.75 Å². The van der Waals surface area contributed by atoms with E-state index < -0.39 is 6.09 Å². The maximum absolute atomic E-state index is 11.2. The highest BCUT2D eigenvalue weighted by Gasteiger charge is 2.09. The van der Waals surface area contributed by atoms with Crippen LogP contribution in [0.15, 0.2) is 24.3 Å². The third kappa shape index (κ3) is 3.77. The average molecular weight is 230 g/mol. The molecule has 1 rings (SSSR count). The zero-order valence-corrected chi connectivity index (χ0v) is 8.99. The Labute approximate surface area is 92.8 Å². The first-order valence-corrected chi connectivity index (χ1v) is 4.85. The molecule has 0 radical (unpaired) electrons. The highest BCUT2D eigenvalue weighted by Crippen LogP contribution is 2.22. The van der Waals surface area contributed by atoms with E-state index in [0.29, 0.717) is 10.8 Å². The lowest BCUT2D eigenvalue weighted by atomic mass is 10.3. The molecule has 0 aliphatic carbocycles. The summed E-state index contributed by atoms with van der Waals surface area (Å²) < 4.78 is 4.92. The third-order valence-electron chi connectivity index (χ3n) is 1.68. The molecule has 0 saturated heterocycles. The van der Waals surface area contributed by atoms with Crippen molar-refractivity contribution in [2.45, 2.75) is 13.0 Å². The van der Waals surface area contributed by atoms with Gasteiger partial charge in [-0.3, -0.25) is 0 Å². The number of halogens is 1. The van der Waals surface area contributed by atoms with Crippen molar-refractivity contribution in [1.29, 1.82) is 0 Å². The van der Waals surface area contributed by atoms with Crippen LogP contribution in [0.2, 0.25) is 5.02 Å². The van der Waals surface area contributed by atoms with Crippen molar-refractivity contribution in [2.24, 2.45) is 0 Å². The highest BCUT2D eigenvalue weighted by molar-refractivity contribution is 6.32. The van der Waals surface area contributed by atoms with Crippen molar-refractivity contribution in [3.63, 3.8) is 0 Å². The van der Waals surface area contributed by atoms with Crippen LogP contribution < -0.4 is 10.1 Å². The van der Waals surface area contributed by atoms with Crippen molar-refractivity contribution in [3.05, 3.63) is 29.3 Å². The molecule has 2 N–H and O–H groups in total. The number of aliphatic hydroxyl groups is 1. The number of carbonyl (C=O) groups is 1. The lowest BCUT2D eigenvalue weighted by Crippen LogP contribution is -2.37. The number of aliphatic hydroxyl groups excluding tert-OH is 1. The second-order valence-electron chi connectivity index (χ2n) is 3.05. The molecule has 1 aromatic rings. The number of para-hydroxylation sites is 1. The van der Waals surface area contributed by atoms with E-state index in [1.807, 2.05) is 0 Å². The fourth-order valence-corrected chi connectivity index (χ4v) is 1.08. The molecule has 1 aromatic carbocycles. The number of hydrogen-bond donors (Lipinski definition) is 2. The van der Waals surface area contributed by atoms with E-state index in [1.54, 1.807) is 31.2 Å². The van der Waals surface area contributed by atoms with Crippen LogP contribution in [0, 0.1) is 0 Å². The fraction of sp³-hybridized carbons (Fsp3) is 0.300. The summed E-state index contributed by atoms with van der Waals surface area (Å²) in [6, 6.07) is 6.32. The first-order chi connectivity index (χ1) is 7.13. The average Bonchev–Trinajstić information content (AvgIpc) is 2.21. The van der Waals surface area contributed by atoms with Gasteiger partial charge in [-0.15, -0.1) is 0 Å². The Balaban J connectivity index is 2.55. The van der Waals surface area contributed by atoms with Gasteiger partial charge in [0.05, 0.1) is 17.7 Å². The smallest absolute Gasteiger partial charge is 0.409 e. The first kappa shape index (κ1) is 11.8. The van der Waals surface area contributed by atoms with E-state index >= 15 is 0 Å². The van der Waals surface area contributed by atoms with Crippen LogP contribution in [0.3, 0.4) is 0 Å². The van der Waals surface area contributed by atoms with Gasteiger partial charge in [0.15, 0.2) is 5.75 Å². The lowest BCUT2D eigenvalue weighted by molar-refractivity contribution is 0.186. The molecule has 0 heterocycles. The molecule has 0 aliphatic rings. The Bertz CT molecular complexity index is 343. The summed E-state index contributed by atoms with van der Waals surface area (Å²) in [4.78, 5) is 11.2. The molecule has 4 nitrogen and oxygen atoms in total. The number of carbonyl (C=O) groups excluding carboxylic acids is 1. The van der Waals surface area contributed by atoms with Gasteiger partial charge in [0.25, 0.3) is 0 Å². The number of hydrogen-bond acceptors (Lipinski definition) is 3. The van der Waals surface area contributed by atoms with E-state index in [0.717, 1.165) is 0 Å². The SMILES string of the molecule is CC(CO)NC(=O)Oc1ccccc1Cl. The largest absolute Gasteiger partial charge is 0.412 e. The molecule has 1 atom stereocenters. The topological polar surface area (TPSA) is 58.6 Å². The molecule has 1 unspecified atom stereocenters. The minimum Gasteiger partial charge on any atom is -0.409 e. The van der Waals surface area contributed by atoms with E-state index in [2.05, 4.69) is 5.32 Å². The molecule has 0 aromatic heterocycles. The van der Waals surface area contributed by atoms with Crippen LogP contribution >= 0.6 is 11.6 Å². The molecule has 0 spiro atoms. The van der Waals surface area contributed by atoms with Crippen LogP contribution in [0.25, 0.3) is 0 Å². The molecule has 0 fully saturated rings. The van der Waals surface area contributed by atoms with Gasteiger partial charge in [0.2, 0.25) is 0 Å². The number of rotatable bonds is 3. The van der Waals surface area contributed by atoms with E-state index in [-0.39, 0.29) is 12.6 Å². The minimum atomic E-state index is -0.635. The summed E-state index contributed by atoms with van der Waals surface area (Å²) in [5.74, 6) is 0.293. The second kappa shape index (κ2) is 5.58. The standard InChI is InChI=1S/C10H12ClNO3/c1-7(6-13)12-10(14)15-9-5-3-2-4-8(9)11/h2-5,7,13H,6H2,1H3,(H,12,14). The zero-order chi connectivity index (χ0) is 11.3. The van der Waals surface area contributed by atoms with Crippen molar-refractivity contribution in [2.75, 3.05) is 6.61 Å². The van der Waals surface area contributed by atoms with Crippen LogP contribution in [-0.4, -0.2) is 23.8 Å². The van der Waals surface area contributed by atoms with E-state index in [1.165, 1.54) is 0 Å². The van der Waals surface area contributed by atoms with Gasteiger partial charge in [-0.05, 0) is 19.1 Å². The monoisotopic (exact) mass is 229 g/mol. The number of nitrogens with one attached hydrogen (secondary N) is 1. The van der Waals surface area contributed by atoms with Gasteiger partial charge < -0.3 is 15.2 Å². The molecule has 0 aliphatic heterocycles. The van der Waals surface area contributed by atoms with Crippen LogP contribution in [0.4, 0.5) is 4.79 Å². The maximum atomic E-state index is 11.2. The minimum absolute atomic E-state index is 0.141. The lowest BCUT2D eigenvalue weighted by Gasteiger charge is -2.11. The number of benzene rings is 1. The third-order valence-corrected chi connectivity index (χ3v) is 1.99. The molecule has 0 bridgehead atoms. The van der Waals surface area contributed by atoms with E-state index in [9.17, 15) is 4.79 Å². The van der Waals surface area contributed by atoms with Gasteiger partial charge in [-0.25, -0.2) is 4.79 Å². The summed E-state index contributed by atoms with van der Waals surface area (Å²) >= 11 is 5.78. The molecule has 5 heteroatoms. The Morgan fingerprint density at radius 1 is 1.60 bits per heavy atom. The Hall–Kier alpha value is -1.26. The molecule has 0 saturated carbocycles. The van der Waals surface area contributed by atoms with Gasteiger partial charge in [0, 0.05) is 0 Å². The normalized spacial score (nSPS) is 11.9. The maximum Gasteiger partial charge on any atom is 0.412 e. The molecular weight excluding hydrogens is 218 g/mol. The highest BCUT2D eigenvalue weighted by atomic mass is 35.5. The van der Waals surface area contributed by atoms with Crippen molar-refractivity contribution in [3.8, 4) is 5.75 Å². The molecular formula is C10H12ClNO3. The van der Waals surface area contributed by atoms with Crippen LogP contribution in [-0.2, 0) is 0 Å². The van der Waals surface area contributed by atoms with Gasteiger partial charge >= 0.3 is 6.09 Å². The zero-order valence-electron chi connectivity index (χ0n) is 8.24. The molecule has 15 heavy (non-hydrogen) atoms. The summed E-state index contributed by atoms with van der Waals surface area (Å²) in [7, 11) is 0. The Kier molecular flexibility index (Phi) is 4.39. The first-order valence-electron chi connectivity index (χ1n) is 4.47. The fourth-order valence-electron chi connectivity index (χ4n) is 0.904. The predicted molar refractivity (Wildman–Crippen MR) is 57.2 cm³/mol. The quantitative estimate of drug-likeness (QED) is 0.831. The Morgan fingerprint density at radius 3 is 2.87 bits per heavy atom. The van der Waals surface area contributed by atoms with Crippen molar-refractivity contribution >= 4 is 17.7 Å². The van der Waals surface area contributed by atoms with Gasteiger partial charge in [-0.2, -0.15) is 0 Å². The summed E-state index contributed by atoms with van der Waals surface area (Å²) in [6.07, 6.45) is -0.635. The van der Waals surface area contributed by atoms with Crippen molar-refractivity contribution < 1.29 is 14.6 Å². The summed E-state index contributed by atoms with van der Waals surface area (Å²) in [5, 5.41) is 11.5. The predicted octanol–water partition coefficient (Wildman–Crippen LogP) is 1.81. The summed E-state index contributed by atoms with van der Waals surface area (Å²) in [6.45, 7) is 1.52. The van der Waals surface area contributed by atoms with Crippen LogP contribution in [0.1, 0.15) is 6.92 Å². The number of ether oxygens (including phenoxy) is 1. The summed E-state index contributed by atoms with van der Waals surface area (Å²) in [5.41, 5.74) is 0. The second-order valence-corrected chi connectivity index (χ2v) is 3.46. The van der Waals surface area contributed by atoms with Crippen molar-refractivity contribution in [1.82, 2.24) is 5.32 Å². The van der Waals surface area contributed by atoms with Gasteiger partial charge in [-0.1, -0.05) is 23.7 Å². The molecule has 1 amide bonds.